The van der Waals surface area contributed by atoms with Crippen molar-refractivity contribution < 1.29 is 8.42 Å². The quantitative estimate of drug-likeness (QED) is 0.802. The van der Waals surface area contributed by atoms with Gasteiger partial charge in [-0.05, 0) is 31.6 Å². The lowest BCUT2D eigenvalue weighted by Crippen LogP contribution is -2.41. The molecule has 1 saturated carbocycles. The van der Waals surface area contributed by atoms with Crippen LogP contribution in [0, 0.1) is 5.92 Å². The number of nitrogens with zero attached hydrogens (tertiary/aromatic N) is 1. The molecule has 1 unspecified atom stereocenters. The SMILES string of the molecule is NCCS(=O)(=O)N1CCCC1C1CCCC1. The van der Waals surface area contributed by atoms with Gasteiger partial charge in [0.15, 0.2) is 0 Å². The first-order chi connectivity index (χ1) is 7.65. The van der Waals surface area contributed by atoms with Crippen molar-refractivity contribution in [2.75, 3.05) is 18.8 Å². The summed E-state index contributed by atoms with van der Waals surface area (Å²) in [6.45, 7) is 0.944. The molecule has 1 aliphatic heterocycles. The molecule has 0 radical (unpaired) electrons. The summed E-state index contributed by atoms with van der Waals surface area (Å²) in [5.74, 6) is 0.714. The van der Waals surface area contributed by atoms with Crippen LogP contribution >= 0.6 is 0 Å². The van der Waals surface area contributed by atoms with E-state index in [1.807, 2.05) is 0 Å². The predicted molar refractivity (Wildman–Crippen MR) is 64.5 cm³/mol. The first kappa shape index (κ1) is 12.3. The van der Waals surface area contributed by atoms with Gasteiger partial charge in [0.05, 0.1) is 5.75 Å². The first-order valence-electron chi connectivity index (χ1n) is 6.35. The average molecular weight is 246 g/mol. The van der Waals surface area contributed by atoms with Crippen molar-refractivity contribution in [1.82, 2.24) is 4.31 Å². The minimum absolute atomic E-state index is 0.107. The van der Waals surface area contributed by atoms with Gasteiger partial charge in [-0.3, -0.25) is 0 Å². The molecular weight excluding hydrogens is 224 g/mol. The van der Waals surface area contributed by atoms with Crippen molar-refractivity contribution in [2.45, 2.75) is 44.6 Å². The molecule has 0 amide bonds. The molecule has 0 aromatic carbocycles. The van der Waals surface area contributed by atoms with E-state index in [2.05, 4.69) is 0 Å². The third-order valence-corrected chi connectivity index (χ3v) is 5.84. The predicted octanol–water partition coefficient (Wildman–Crippen LogP) is 0.929. The van der Waals surface area contributed by atoms with Crippen molar-refractivity contribution in [3.8, 4) is 0 Å². The van der Waals surface area contributed by atoms with Crippen molar-refractivity contribution in [2.24, 2.45) is 11.7 Å². The molecule has 16 heavy (non-hydrogen) atoms. The normalized spacial score (nSPS) is 28.9. The lowest BCUT2D eigenvalue weighted by molar-refractivity contribution is 0.288. The van der Waals surface area contributed by atoms with Gasteiger partial charge in [0.1, 0.15) is 0 Å². The van der Waals surface area contributed by atoms with Gasteiger partial charge in [-0.2, -0.15) is 4.31 Å². The standard InChI is InChI=1S/C11H22N2O2S/c12-7-9-16(14,15)13-8-3-6-11(13)10-4-1-2-5-10/h10-11H,1-9,12H2. The van der Waals surface area contributed by atoms with Crippen LogP contribution in [-0.4, -0.2) is 37.6 Å². The van der Waals surface area contributed by atoms with Gasteiger partial charge in [0.2, 0.25) is 10.0 Å². The summed E-state index contributed by atoms with van der Waals surface area (Å²) in [5, 5.41) is 0. The monoisotopic (exact) mass is 246 g/mol. The Labute approximate surface area is 98.2 Å². The highest BCUT2D eigenvalue weighted by atomic mass is 32.2. The van der Waals surface area contributed by atoms with Gasteiger partial charge in [0, 0.05) is 19.1 Å². The second-order valence-electron chi connectivity index (χ2n) is 4.97. The Balaban J connectivity index is 2.08. The van der Waals surface area contributed by atoms with E-state index in [1.54, 1.807) is 4.31 Å². The molecule has 2 aliphatic rings. The highest BCUT2D eigenvalue weighted by Gasteiger charge is 2.38. The molecule has 5 heteroatoms. The molecular formula is C11H22N2O2S. The number of hydrogen-bond donors (Lipinski definition) is 1. The minimum atomic E-state index is -3.09. The van der Waals surface area contributed by atoms with E-state index in [1.165, 1.54) is 25.7 Å². The largest absolute Gasteiger partial charge is 0.329 e. The second kappa shape index (κ2) is 5.02. The zero-order valence-electron chi connectivity index (χ0n) is 9.77. The highest BCUT2D eigenvalue weighted by molar-refractivity contribution is 7.89. The molecule has 0 aromatic rings. The molecule has 4 nitrogen and oxygen atoms in total. The van der Waals surface area contributed by atoms with Crippen LogP contribution in [0.5, 0.6) is 0 Å². The maximum atomic E-state index is 12.0. The molecule has 94 valence electrons. The maximum Gasteiger partial charge on any atom is 0.215 e. The summed E-state index contributed by atoms with van der Waals surface area (Å²) < 4.78 is 25.8. The summed E-state index contributed by atoms with van der Waals surface area (Å²) in [7, 11) is -3.09. The molecule has 2 N–H and O–H groups in total. The van der Waals surface area contributed by atoms with Gasteiger partial charge < -0.3 is 5.73 Å². The fourth-order valence-electron chi connectivity index (χ4n) is 3.19. The summed E-state index contributed by atoms with van der Waals surface area (Å²) >= 11 is 0. The average Bonchev–Trinajstić information content (AvgIpc) is 2.88. The molecule has 2 rings (SSSR count). The van der Waals surface area contributed by atoms with E-state index < -0.39 is 10.0 Å². The Morgan fingerprint density at radius 2 is 1.81 bits per heavy atom. The number of sulfonamides is 1. The molecule has 0 bridgehead atoms. The molecule has 0 aromatic heterocycles. The van der Waals surface area contributed by atoms with Gasteiger partial charge >= 0.3 is 0 Å². The number of nitrogens with two attached hydrogens (primary N) is 1. The lowest BCUT2D eigenvalue weighted by atomic mass is 9.97. The van der Waals surface area contributed by atoms with Crippen LogP contribution in [0.25, 0.3) is 0 Å². The lowest BCUT2D eigenvalue weighted by Gasteiger charge is -2.28. The molecule has 1 heterocycles. The molecule has 0 spiro atoms. The first-order valence-corrected chi connectivity index (χ1v) is 7.95. The Morgan fingerprint density at radius 1 is 1.12 bits per heavy atom. The molecule has 1 saturated heterocycles. The van der Waals surface area contributed by atoms with Crippen molar-refractivity contribution in [3.05, 3.63) is 0 Å². The summed E-state index contributed by atoms with van der Waals surface area (Å²) in [6.07, 6.45) is 7.02. The smallest absolute Gasteiger partial charge is 0.215 e. The van der Waals surface area contributed by atoms with Crippen LogP contribution < -0.4 is 5.73 Å². The van der Waals surface area contributed by atoms with Crippen molar-refractivity contribution in [1.29, 1.82) is 0 Å². The molecule has 1 atom stereocenters. The third kappa shape index (κ3) is 2.41. The van der Waals surface area contributed by atoms with Crippen molar-refractivity contribution >= 4 is 10.0 Å². The van der Waals surface area contributed by atoms with Gasteiger partial charge in [0.25, 0.3) is 0 Å². The second-order valence-corrected chi connectivity index (χ2v) is 7.01. The van der Waals surface area contributed by atoms with Gasteiger partial charge in [-0.15, -0.1) is 0 Å². The zero-order valence-corrected chi connectivity index (χ0v) is 10.6. The van der Waals surface area contributed by atoms with E-state index in [4.69, 9.17) is 5.73 Å². The van der Waals surface area contributed by atoms with E-state index in [0.717, 1.165) is 12.8 Å². The molecule has 2 fully saturated rings. The maximum absolute atomic E-state index is 12.0. The molecule has 1 aliphatic carbocycles. The summed E-state index contributed by atoms with van der Waals surface area (Å²) in [5.41, 5.74) is 5.38. The number of rotatable bonds is 4. The topological polar surface area (TPSA) is 63.4 Å². The van der Waals surface area contributed by atoms with E-state index in [9.17, 15) is 8.42 Å². The Morgan fingerprint density at radius 3 is 2.44 bits per heavy atom. The van der Waals surface area contributed by atoms with Crippen LogP contribution in [0.2, 0.25) is 0 Å². The third-order valence-electron chi connectivity index (χ3n) is 3.93. The van der Waals surface area contributed by atoms with Crippen LogP contribution in [0.1, 0.15) is 38.5 Å². The van der Waals surface area contributed by atoms with Crippen LogP contribution in [-0.2, 0) is 10.0 Å². The Bertz CT molecular complexity index is 323. The Hall–Kier alpha value is -0.130. The minimum Gasteiger partial charge on any atom is -0.329 e. The highest BCUT2D eigenvalue weighted by Crippen LogP contribution is 2.36. The fraction of sp³-hybridized carbons (Fsp3) is 1.00. The van der Waals surface area contributed by atoms with Crippen LogP contribution in [0.15, 0.2) is 0 Å². The zero-order chi connectivity index (χ0) is 11.6. The summed E-state index contributed by atoms with van der Waals surface area (Å²) in [4.78, 5) is 0. The van der Waals surface area contributed by atoms with Gasteiger partial charge in [-0.25, -0.2) is 8.42 Å². The Kier molecular flexibility index (Phi) is 3.87. The van der Waals surface area contributed by atoms with Gasteiger partial charge in [-0.1, -0.05) is 12.8 Å². The van der Waals surface area contributed by atoms with E-state index in [0.29, 0.717) is 12.5 Å². The van der Waals surface area contributed by atoms with E-state index in [-0.39, 0.29) is 18.3 Å². The number of hydrogen-bond acceptors (Lipinski definition) is 3. The van der Waals surface area contributed by atoms with Crippen LogP contribution in [0.3, 0.4) is 0 Å². The van der Waals surface area contributed by atoms with E-state index >= 15 is 0 Å². The van der Waals surface area contributed by atoms with Crippen LogP contribution in [0.4, 0.5) is 0 Å². The van der Waals surface area contributed by atoms with Crippen molar-refractivity contribution in [3.63, 3.8) is 0 Å². The summed E-state index contributed by atoms with van der Waals surface area (Å²) in [6, 6.07) is 0.277. The fourth-order valence-corrected chi connectivity index (χ4v) is 4.82.